The third-order valence-corrected chi connectivity index (χ3v) is 2.19. The highest BCUT2D eigenvalue weighted by molar-refractivity contribution is 5.85. The topological polar surface area (TPSA) is 64.7 Å². The fourth-order valence-electron chi connectivity index (χ4n) is 1.40. The Morgan fingerprint density at radius 2 is 1.93 bits per heavy atom. The predicted molar refractivity (Wildman–Crippen MR) is 58.7 cm³/mol. The number of halogens is 1. The van der Waals surface area contributed by atoms with Gasteiger partial charge in [-0.1, -0.05) is 6.07 Å². The Labute approximate surface area is 94.4 Å². The van der Waals surface area contributed by atoms with Crippen LogP contribution in [0.3, 0.4) is 0 Å². The SMILES string of the molecule is Cl.N[C@H](CO)c1ccc2c(c1)OCCO2. The van der Waals surface area contributed by atoms with E-state index in [2.05, 4.69) is 0 Å². The number of ether oxygens (including phenoxy) is 2. The van der Waals surface area contributed by atoms with Crippen LogP contribution >= 0.6 is 12.4 Å². The van der Waals surface area contributed by atoms with Gasteiger partial charge in [0.1, 0.15) is 13.2 Å². The number of nitrogens with two attached hydrogens (primary N) is 1. The molecule has 1 atom stereocenters. The van der Waals surface area contributed by atoms with Crippen molar-refractivity contribution in [2.24, 2.45) is 5.73 Å². The summed E-state index contributed by atoms with van der Waals surface area (Å²) in [6, 6.07) is 5.12. The van der Waals surface area contributed by atoms with Crippen LogP contribution in [0.4, 0.5) is 0 Å². The average molecular weight is 232 g/mol. The van der Waals surface area contributed by atoms with Gasteiger partial charge in [0.25, 0.3) is 0 Å². The molecule has 0 unspecified atom stereocenters. The molecule has 0 fully saturated rings. The van der Waals surface area contributed by atoms with Crippen LogP contribution in [-0.2, 0) is 0 Å². The molecule has 0 amide bonds. The summed E-state index contributed by atoms with van der Waals surface area (Å²) >= 11 is 0. The van der Waals surface area contributed by atoms with Gasteiger partial charge in [-0.2, -0.15) is 0 Å². The van der Waals surface area contributed by atoms with E-state index in [1.807, 2.05) is 18.2 Å². The first-order chi connectivity index (χ1) is 6.81. The summed E-state index contributed by atoms with van der Waals surface area (Å²) in [5.74, 6) is 1.45. The first kappa shape index (κ1) is 12.1. The summed E-state index contributed by atoms with van der Waals surface area (Å²) in [4.78, 5) is 0. The van der Waals surface area contributed by atoms with E-state index in [-0.39, 0.29) is 25.1 Å². The fraction of sp³-hybridized carbons (Fsp3) is 0.400. The monoisotopic (exact) mass is 231 g/mol. The molecule has 0 saturated heterocycles. The third-order valence-electron chi connectivity index (χ3n) is 2.19. The average Bonchev–Trinajstić information content (AvgIpc) is 2.27. The maximum atomic E-state index is 8.90. The molecule has 1 aromatic rings. The molecule has 0 spiro atoms. The standard InChI is InChI=1S/C10H13NO3.ClH/c11-8(6-12)7-1-2-9-10(5-7)14-4-3-13-9;/h1-2,5,8,12H,3-4,6,11H2;1H/t8-;/m1./s1. The molecule has 1 aromatic carbocycles. The van der Waals surface area contributed by atoms with Crippen LogP contribution in [0, 0.1) is 0 Å². The van der Waals surface area contributed by atoms with Crippen molar-refractivity contribution >= 4 is 12.4 Å². The largest absolute Gasteiger partial charge is 0.486 e. The van der Waals surface area contributed by atoms with E-state index in [0.717, 1.165) is 11.3 Å². The van der Waals surface area contributed by atoms with E-state index in [9.17, 15) is 0 Å². The highest BCUT2D eigenvalue weighted by Crippen LogP contribution is 2.31. The van der Waals surface area contributed by atoms with Gasteiger partial charge < -0.3 is 20.3 Å². The molecule has 1 aliphatic rings. The van der Waals surface area contributed by atoms with Gasteiger partial charge in [-0.3, -0.25) is 0 Å². The van der Waals surface area contributed by atoms with Gasteiger partial charge in [0, 0.05) is 0 Å². The quantitative estimate of drug-likeness (QED) is 0.793. The summed E-state index contributed by atoms with van der Waals surface area (Å²) in [6.45, 7) is 1.07. The van der Waals surface area contributed by atoms with E-state index < -0.39 is 0 Å². The Kier molecular flexibility index (Phi) is 4.20. The van der Waals surface area contributed by atoms with Gasteiger partial charge in [-0.15, -0.1) is 12.4 Å². The summed E-state index contributed by atoms with van der Waals surface area (Å²) < 4.78 is 10.8. The Morgan fingerprint density at radius 1 is 1.27 bits per heavy atom. The van der Waals surface area contributed by atoms with Crippen LogP contribution in [0.15, 0.2) is 18.2 Å². The second-order valence-electron chi connectivity index (χ2n) is 3.19. The number of aliphatic hydroxyl groups excluding tert-OH is 1. The van der Waals surface area contributed by atoms with Crippen LogP contribution in [-0.4, -0.2) is 24.9 Å². The van der Waals surface area contributed by atoms with Crippen LogP contribution < -0.4 is 15.2 Å². The van der Waals surface area contributed by atoms with Gasteiger partial charge >= 0.3 is 0 Å². The van der Waals surface area contributed by atoms with Crippen molar-refractivity contribution in [3.05, 3.63) is 23.8 Å². The number of aliphatic hydroxyl groups is 1. The maximum Gasteiger partial charge on any atom is 0.161 e. The lowest BCUT2D eigenvalue weighted by Gasteiger charge is -2.19. The zero-order chi connectivity index (χ0) is 9.97. The first-order valence-corrected chi connectivity index (χ1v) is 4.57. The number of rotatable bonds is 2. The molecule has 4 nitrogen and oxygen atoms in total. The molecular weight excluding hydrogens is 218 g/mol. The van der Waals surface area contributed by atoms with Crippen molar-refractivity contribution in [3.63, 3.8) is 0 Å². The zero-order valence-electron chi connectivity index (χ0n) is 8.18. The molecule has 1 aliphatic heterocycles. The van der Waals surface area contributed by atoms with Gasteiger partial charge in [-0.25, -0.2) is 0 Å². The molecule has 5 heteroatoms. The number of fused-ring (bicyclic) bond motifs is 1. The second-order valence-corrected chi connectivity index (χ2v) is 3.19. The minimum atomic E-state index is -0.356. The van der Waals surface area contributed by atoms with Crippen LogP contribution in [0.1, 0.15) is 11.6 Å². The molecule has 0 radical (unpaired) electrons. The van der Waals surface area contributed by atoms with Gasteiger partial charge in [0.2, 0.25) is 0 Å². The summed E-state index contributed by atoms with van der Waals surface area (Å²) in [5.41, 5.74) is 6.54. The minimum Gasteiger partial charge on any atom is -0.486 e. The number of hydrogen-bond acceptors (Lipinski definition) is 4. The molecule has 15 heavy (non-hydrogen) atoms. The number of hydrogen-bond donors (Lipinski definition) is 2. The van der Waals surface area contributed by atoms with Crippen molar-refractivity contribution in [3.8, 4) is 11.5 Å². The molecule has 0 aliphatic carbocycles. The van der Waals surface area contributed by atoms with E-state index in [1.165, 1.54) is 0 Å². The molecule has 0 bridgehead atoms. The smallest absolute Gasteiger partial charge is 0.161 e. The fourth-order valence-corrected chi connectivity index (χ4v) is 1.40. The van der Waals surface area contributed by atoms with Crippen molar-refractivity contribution in [1.29, 1.82) is 0 Å². The summed E-state index contributed by atoms with van der Waals surface area (Å²) in [5, 5.41) is 8.90. The highest BCUT2D eigenvalue weighted by Gasteiger charge is 2.13. The Morgan fingerprint density at radius 3 is 2.60 bits per heavy atom. The Hall–Kier alpha value is -0.970. The number of benzene rings is 1. The van der Waals surface area contributed by atoms with E-state index >= 15 is 0 Å². The molecule has 1 heterocycles. The normalized spacial score (nSPS) is 15.3. The maximum absolute atomic E-state index is 8.90. The molecule has 0 aromatic heterocycles. The van der Waals surface area contributed by atoms with E-state index in [1.54, 1.807) is 0 Å². The molecule has 2 rings (SSSR count). The third kappa shape index (κ3) is 2.53. The van der Waals surface area contributed by atoms with Gasteiger partial charge in [0.15, 0.2) is 11.5 Å². The van der Waals surface area contributed by atoms with Crippen LogP contribution in [0.2, 0.25) is 0 Å². The van der Waals surface area contributed by atoms with Crippen molar-refractivity contribution in [1.82, 2.24) is 0 Å². The van der Waals surface area contributed by atoms with Gasteiger partial charge in [-0.05, 0) is 17.7 Å². The van der Waals surface area contributed by atoms with Crippen molar-refractivity contribution < 1.29 is 14.6 Å². The van der Waals surface area contributed by atoms with Crippen molar-refractivity contribution in [2.45, 2.75) is 6.04 Å². The lowest BCUT2D eigenvalue weighted by molar-refractivity contribution is 0.171. The minimum absolute atomic E-state index is 0. The summed E-state index contributed by atoms with van der Waals surface area (Å²) in [7, 11) is 0. The Bertz CT molecular complexity index is 332. The molecule has 3 N–H and O–H groups in total. The van der Waals surface area contributed by atoms with E-state index in [0.29, 0.717) is 19.0 Å². The first-order valence-electron chi connectivity index (χ1n) is 4.57. The van der Waals surface area contributed by atoms with Crippen molar-refractivity contribution in [2.75, 3.05) is 19.8 Å². The molecule has 84 valence electrons. The molecular formula is C10H14ClNO3. The van der Waals surface area contributed by atoms with Crippen LogP contribution in [0.5, 0.6) is 11.5 Å². The van der Waals surface area contributed by atoms with Gasteiger partial charge in [0.05, 0.1) is 12.6 Å². The van der Waals surface area contributed by atoms with E-state index in [4.69, 9.17) is 20.3 Å². The lowest BCUT2D eigenvalue weighted by Crippen LogP contribution is -2.18. The zero-order valence-corrected chi connectivity index (χ0v) is 9.00. The van der Waals surface area contributed by atoms with Crippen LogP contribution in [0.25, 0.3) is 0 Å². The lowest BCUT2D eigenvalue weighted by atomic mass is 10.1. The second kappa shape index (κ2) is 5.21. The highest BCUT2D eigenvalue weighted by atomic mass is 35.5. The predicted octanol–water partition coefficient (Wildman–Crippen LogP) is 0.872. The summed E-state index contributed by atoms with van der Waals surface area (Å²) in [6.07, 6.45) is 0. The molecule has 0 saturated carbocycles. The Balaban J connectivity index is 0.00000112.